The molecule has 7 aliphatic rings. The molecule has 8 heteroatoms. The van der Waals surface area contributed by atoms with Gasteiger partial charge in [0, 0.05) is 46.2 Å². The van der Waals surface area contributed by atoms with Gasteiger partial charge in [0.2, 0.25) is 0 Å². The number of fused-ring (bicyclic) bond motifs is 1. The maximum Gasteiger partial charge on any atom is 0.322 e. The molecule has 8 nitrogen and oxygen atoms in total. The molecule has 3 saturated carbocycles. The summed E-state index contributed by atoms with van der Waals surface area (Å²) in [6.07, 6.45) is 13.5. The summed E-state index contributed by atoms with van der Waals surface area (Å²) < 4.78 is 11.4. The van der Waals surface area contributed by atoms with E-state index in [1.54, 1.807) is 12.0 Å². The molecule has 1 unspecified atom stereocenters. The van der Waals surface area contributed by atoms with Gasteiger partial charge >= 0.3 is 6.03 Å². The molecule has 0 aromatic heterocycles. The normalized spacial score (nSPS) is 36.6. The van der Waals surface area contributed by atoms with Gasteiger partial charge in [-0.1, -0.05) is 86.7 Å². The van der Waals surface area contributed by atoms with E-state index in [4.69, 9.17) is 9.47 Å². The number of Topliss-reactive ketones (excluding diaryl/α,β-unsaturated/α-hetero) is 1. The SMILES string of the molecule is COc1ccc(NC(=O)N(C[C@H]2CCCO2)C[C@]2(O)CC[C@H]3[C@]45C=C[C@@]6(C=C4C(=O)c4ccc(-c7ccccc7)cc4)CC(O)CC[C@]6(C)[C@H]5CC[C@@]32C)cc1. The third-order valence-electron chi connectivity index (χ3n) is 15.7. The molecule has 0 radical (unpaired) electrons. The first-order chi connectivity index (χ1) is 26.9. The molecule has 1 heterocycles. The van der Waals surface area contributed by atoms with Crippen LogP contribution in [-0.2, 0) is 4.74 Å². The van der Waals surface area contributed by atoms with Crippen LogP contribution in [0.2, 0.25) is 0 Å². The van der Waals surface area contributed by atoms with Crippen LogP contribution in [0.1, 0.15) is 82.0 Å². The number of aliphatic hydroxyl groups is 2. The molecule has 56 heavy (non-hydrogen) atoms. The molecule has 4 fully saturated rings. The van der Waals surface area contributed by atoms with Crippen LogP contribution in [0.25, 0.3) is 11.1 Å². The van der Waals surface area contributed by atoms with Gasteiger partial charge in [0.25, 0.3) is 0 Å². The lowest BCUT2D eigenvalue weighted by Gasteiger charge is -2.71. The number of ether oxygens (including phenoxy) is 2. The Morgan fingerprint density at radius 2 is 1.55 bits per heavy atom. The first-order valence-electron chi connectivity index (χ1n) is 20.8. The van der Waals surface area contributed by atoms with Crippen LogP contribution in [0.4, 0.5) is 10.5 Å². The highest BCUT2D eigenvalue weighted by Gasteiger charge is 2.74. The zero-order valence-electron chi connectivity index (χ0n) is 33.0. The molecule has 2 amide bonds. The fourth-order valence-electron chi connectivity index (χ4n) is 12.6. The average Bonchev–Trinajstić information content (AvgIpc) is 3.83. The van der Waals surface area contributed by atoms with Gasteiger partial charge in [-0.2, -0.15) is 0 Å². The number of aliphatic hydroxyl groups excluding tert-OH is 1. The smallest absolute Gasteiger partial charge is 0.322 e. The van der Waals surface area contributed by atoms with Crippen molar-refractivity contribution >= 4 is 17.5 Å². The predicted molar refractivity (Wildman–Crippen MR) is 217 cm³/mol. The standard InChI is InChI=1S/C48H56N2O6/c1-44-22-19-36(51)28-46(44)25-26-48(39(29-46)42(52)34-13-11-33(12-14-34)32-8-5-4-6-9-32)40(44)20-23-45(2)41(48)21-24-47(45,54)31-50(30-38-10-7-27-56-38)43(53)49-35-15-17-37(55-3)18-16-35/h4-6,8-9,11-18,25-26,29,36,38,40-41,51,54H,7,10,19-24,27-28,30-31H2,1-3H3,(H,49,53)/t36?,38-,40-,41-,44-,45+,46+,47-,48-/m1/s1. The fraction of sp³-hybridized carbons (Fsp3) is 0.500. The Morgan fingerprint density at radius 1 is 0.857 bits per heavy atom. The van der Waals surface area contributed by atoms with E-state index >= 15 is 4.79 Å². The van der Waals surface area contributed by atoms with Crippen molar-refractivity contribution in [3.63, 3.8) is 0 Å². The Kier molecular flexibility index (Phi) is 9.14. The molecule has 2 spiro atoms. The number of hydrogen-bond acceptors (Lipinski definition) is 6. The van der Waals surface area contributed by atoms with Crippen molar-refractivity contribution in [3.05, 3.63) is 108 Å². The number of hydrogen-bond donors (Lipinski definition) is 3. The number of carbonyl (C=O) groups excluding carboxylic acids is 2. The van der Waals surface area contributed by atoms with Crippen molar-refractivity contribution in [3.8, 4) is 16.9 Å². The number of benzene rings is 3. The fourth-order valence-corrected chi connectivity index (χ4v) is 12.6. The van der Waals surface area contributed by atoms with Gasteiger partial charge in [-0.25, -0.2) is 4.79 Å². The predicted octanol–water partition coefficient (Wildman–Crippen LogP) is 8.85. The van der Waals surface area contributed by atoms with Crippen molar-refractivity contribution in [1.82, 2.24) is 4.90 Å². The maximum atomic E-state index is 15.2. The summed E-state index contributed by atoms with van der Waals surface area (Å²) in [7, 11) is 1.62. The molecule has 3 aromatic rings. The molecule has 3 N–H and O–H groups in total. The van der Waals surface area contributed by atoms with Gasteiger partial charge in [-0.05, 0) is 110 Å². The lowest BCUT2D eigenvalue weighted by atomic mass is 9.32. The average molecular weight is 757 g/mol. The lowest BCUT2D eigenvalue weighted by Crippen LogP contribution is -2.67. The van der Waals surface area contributed by atoms with Crippen LogP contribution < -0.4 is 10.1 Å². The number of allylic oxidation sites excluding steroid dienone is 4. The van der Waals surface area contributed by atoms with Crippen LogP contribution in [0.15, 0.2) is 103 Å². The molecule has 294 valence electrons. The molecule has 1 saturated heterocycles. The van der Waals surface area contributed by atoms with E-state index in [0.29, 0.717) is 43.0 Å². The number of methoxy groups -OCH3 is 1. The van der Waals surface area contributed by atoms with Crippen molar-refractivity contribution in [1.29, 1.82) is 0 Å². The van der Waals surface area contributed by atoms with E-state index in [1.807, 2.05) is 66.7 Å². The Balaban J connectivity index is 1.07. The molecule has 9 atom stereocenters. The Bertz CT molecular complexity index is 2040. The summed E-state index contributed by atoms with van der Waals surface area (Å²) in [6.45, 7) is 5.88. The van der Waals surface area contributed by atoms with Crippen LogP contribution in [0.5, 0.6) is 5.75 Å². The quantitative estimate of drug-likeness (QED) is 0.149. The highest BCUT2D eigenvalue weighted by Crippen LogP contribution is 2.78. The minimum atomic E-state index is -1.19. The van der Waals surface area contributed by atoms with Crippen molar-refractivity contribution < 1.29 is 29.3 Å². The van der Waals surface area contributed by atoms with Crippen LogP contribution in [0, 0.1) is 33.5 Å². The number of nitrogens with one attached hydrogen (secondary N) is 1. The molecule has 3 aromatic carbocycles. The second-order valence-corrected chi connectivity index (χ2v) is 18.3. The third kappa shape index (κ3) is 5.65. The summed E-state index contributed by atoms with van der Waals surface area (Å²) in [6, 6.07) is 25.3. The molecular weight excluding hydrogens is 701 g/mol. The highest BCUT2D eigenvalue weighted by atomic mass is 16.5. The van der Waals surface area contributed by atoms with Gasteiger partial charge in [-0.15, -0.1) is 0 Å². The van der Waals surface area contributed by atoms with Gasteiger partial charge in [-0.3, -0.25) is 4.79 Å². The summed E-state index contributed by atoms with van der Waals surface area (Å²) >= 11 is 0. The summed E-state index contributed by atoms with van der Waals surface area (Å²) in [5.41, 5.74) is 1.42. The minimum absolute atomic E-state index is 0.0232. The molecular formula is C48H56N2O6. The van der Waals surface area contributed by atoms with E-state index < -0.39 is 27.9 Å². The van der Waals surface area contributed by atoms with Crippen molar-refractivity contribution in [2.45, 2.75) is 89.4 Å². The van der Waals surface area contributed by atoms with Crippen molar-refractivity contribution in [2.24, 2.45) is 33.5 Å². The Labute approximate surface area is 331 Å². The van der Waals surface area contributed by atoms with Gasteiger partial charge in [0.05, 0.1) is 31.5 Å². The molecule has 1 aliphatic heterocycles. The highest BCUT2D eigenvalue weighted by molar-refractivity contribution is 6.10. The third-order valence-corrected chi connectivity index (χ3v) is 15.7. The second-order valence-electron chi connectivity index (χ2n) is 18.3. The minimum Gasteiger partial charge on any atom is -0.497 e. The number of amides is 2. The molecule has 10 rings (SSSR count). The van der Waals surface area contributed by atoms with E-state index in [2.05, 4.69) is 49.5 Å². The van der Waals surface area contributed by atoms with Gasteiger partial charge in [0.1, 0.15) is 5.75 Å². The first kappa shape index (κ1) is 37.3. The zero-order chi connectivity index (χ0) is 38.9. The lowest BCUT2D eigenvalue weighted by molar-refractivity contribution is -0.175. The number of urea groups is 1. The number of carbonyl (C=O) groups is 2. The monoisotopic (exact) mass is 756 g/mol. The van der Waals surface area contributed by atoms with Crippen molar-refractivity contribution in [2.75, 3.05) is 32.1 Å². The Hall–Kier alpha value is -4.24. The van der Waals surface area contributed by atoms with Crippen LogP contribution >= 0.6 is 0 Å². The van der Waals surface area contributed by atoms with E-state index in [0.717, 1.165) is 61.6 Å². The largest absolute Gasteiger partial charge is 0.497 e. The number of anilines is 1. The number of nitrogens with zero attached hydrogens (tertiary/aromatic N) is 1. The maximum absolute atomic E-state index is 15.2. The van der Waals surface area contributed by atoms with Gasteiger partial charge in [0.15, 0.2) is 5.78 Å². The van der Waals surface area contributed by atoms with Crippen LogP contribution in [0.3, 0.4) is 0 Å². The number of ketones is 1. The molecule has 6 aliphatic carbocycles. The number of rotatable bonds is 9. The first-order valence-corrected chi connectivity index (χ1v) is 20.8. The topological polar surface area (TPSA) is 108 Å². The summed E-state index contributed by atoms with van der Waals surface area (Å²) in [5, 5.41) is 27.4. The van der Waals surface area contributed by atoms with Crippen LogP contribution in [-0.4, -0.2) is 71.5 Å². The second kappa shape index (κ2) is 13.7. The van der Waals surface area contributed by atoms with E-state index in [1.165, 1.54) is 0 Å². The van der Waals surface area contributed by atoms with E-state index in [-0.39, 0.29) is 41.7 Å². The Morgan fingerprint density at radius 3 is 2.27 bits per heavy atom. The summed E-state index contributed by atoms with van der Waals surface area (Å²) in [4.78, 5) is 31.1. The van der Waals surface area contributed by atoms with Gasteiger partial charge < -0.3 is 29.9 Å². The summed E-state index contributed by atoms with van der Waals surface area (Å²) in [5.74, 6) is 0.908. The van der Waals surface area contributed by atoms with E-state index in [9.17, 15) is 15.0 Å². The molecule has 2 bridgehead atoms. The zero-order valence-corrected chi connectivity index (χ0v) is 33.0.